The van der Waals surface area contributed by atoms with Gasteiger partial charge in [0, 0.05) is 27.2 Å². The summed E-state index contributed by atoms with van der Waals surface area (Å²) in [6, 6.07) is 4.02. The second-order valence-corrected chi connectivity index (χ2v) is 5.93. The molecule has 2 rings (SSSR count). The Kier molecular flexibility index (Phi) is 5.12. The van der Waals surface area contributed by atoms with Crippen molar-refractivity contribution in [1.82, 2.24) is 15.1 Å². The Labute approximate surface area is 126 Å². The maximum Gasteiger partial charge on any atom is 0.273 e. The molecule has 0 bridgehead atoms. The number of anilines is 1. The van der Waals surface area contributed by atoms with Gasteiger partial charge in [0.2, 0.25) is 0 Å². The monoisotopic (exact) mass is 291 g/mol. The fourth-order valence-corrected chi connectivity index (χ4v) is 3.00. The molecule has 0 aromatic carbocycles. The number of rotatable bonds is 4. The molecule has 1 aliphatic rings. The van der Waals surface area contributed by atoms with Crippen LogP contribution >= 0.6 is 0 Å². The van der Waals surface area contributed by atoms with Crippen molar-refractivity contribution in [3.05, 3.63) is 17.8 Å². The Morgan fingerprint density at radius 3 is 2.52 bits per heavy atom. The predicted octanol–water partition coefficient (Wildman–Crippen LogP) is 1.13. The van der Waals surface area contributed by atoms with E-state index in [0.29, 0.717) is 24.2 Å². The minimum atomic E-state index is -0.130. The van der Waals surface area contributed by atoms with E-state index in [1.165, 1.54) is 24.2 Å². The van der Waals surface area contributed by atoms with Crippen LogP contribution in [0.2, 0.25) is 0 Å². The highest BCUT2D eigenvalue weighted by molar-refractivity contribution is 5.91. The lowest BCUT2D eigenvalue weighted by molar-refractivity contribution is 0.0821. The Bertz CT molecular complexity index is 473. The van der Waals surface area contributed by atoms with Gasteiger partial charge in [0.25, 0.3) is 5.91 Å². The highest BCUT2D eigenvalue weighted by atomic mass is 16.2. The topological polar surface area (TPSA) is 75.4 Å². The van der Waals surface area contributed by atoms with E-state index >= 15 is 0 Å². The minimum absolute atomic E-state index is 0.130. The van der Waals surface area contributed by atoms with Crippen molar-refractivity contribution in [2.45, 2.75) is 31.7 Å². The standard InChI is InChI=1S/C15H25N5O/c1-19(2)15(21)12-8-9-14(18-17-12)20(3)13-7-5-4-6-11(13)10-16/h8-9,11,13H,4-7,10,16H2,1-3H3. The van der Waals surface area contributed by atoms with Gasteiger partial charge in [-0.25, -0.2) is 0 Å². The van der Waals surface area contributed by atoms with Gasteiger partial charge in [0.15, 0.2) is 11.5 Å². The molecule has 1 fully saturated rings. The van der Waals surface area contributed by atoms with Crippen molar-refractivity contribution in [3.8, 4) is 0 Å². The minimum Gasteiger partial charge on any atom is -0.355 e. The van der Waals surface area contributed by atoms with Gasteiger partial charge < -0.3 is 15.5 Å². The quantitative estimate of drug-likeness (QED) is 0.900. The van der Waals surface area contributed by atoms with Crippen LogP contribution in [0.25, 0.3) is 0 Å². The summed E-state index contributed by atoms with van der Waals surface area (Å²) in [4.78, 5) is 15.5. The van der Waals surface area contributed by atoms with E-state index in [4.69, 9.17) is 5.73 Å². The van der Waals surface area contributed by atoms with Crippen LogP contribution in [0.4, 0.5) is 5.82 Å². The highest BCUT2D eigenvalue weighted by Crippen LogP contribution is 2.29. The fourth-order valence-electron chi connectivity index (χ4n) is 3.00. The summed E-state index contributed by atoms with van der Waals surface area (Å²) >= 11 is 0. The van der Waals surface area contributed by atoms with Gasteiger partial charge in [-0.1, -0.05) is 12.8 Å². The summed E-state index contributed by atoms with van der Waals surface area (Å²) in [5.74, 6) is 1.18. The number of amides is 1. The van der Waals surface area contributed by atoms with E-state index in [-0.39, 0.29) is 5.91 Å². The third kappa shape index (κ3) is 3.50. The second kappa shape index (κ2) is 6.85. The molecule has 1 amide bonds. The predicted molar refractivity (Wildman–Crippen MR) is 83.3 cm³/mol. The molecule has 0 spiro atoms. The molecule has 21 heavy (non-hydrogen) atoms. The van der Waals surface area contributed by atoms with Crippen molar-refractivity contribution >= 4 is 11.7 Å². The Morgan fingerprint density at radius 1 is 1.24 bits per heavy atom. The van der Waals surface area contributed by atoms with E-state index in [9.17, 15) is 4.79 Å². The number of carbonyl (C=O) groups excluding carboxylic acids is 1. The zero-order valence-electron chi connectivity index (χ0n) is 13.1. The molecule has 2 unspecified atom stereocenters. The normalized spacial score (nSPS) is 21.9. The third-order valence-electron chi connectivity index (χ3n) is 4.31. The summed E-state index contributed by atoms with van der Waals surface area (Å²) in [5.41, 5.74) is 6.27. The molecule has 1 heterocycles. The largest absolute Gasteiger partial charge is 0.355 e. The van der Waals surface area contributed by atoms with Crippen molar-refractivity contribution in [1.29, 1.82) is 0 Å². The fraction of sp³-hybridized carbons (Fsp3) is 0.667. The molecular weight excluding hydrogens is 266 g/mol. The lowest BCUT2D eigenvalue weighted by Gasteiger charge is -2.37. The zero-order valence-corrected chi connectivity index (χ0v) is 13.1. The van der Waals surface area contributed by atoms with E-state index in [1.807, 2.05) is 13.1 Å². The number of hydrogen-bond donors (Lipinski definition) is 1. The first-order valence-corrected chi connectivity index (χ1v) is 7.53. The number of nitrogens with zero attached hydrogens (tertiary/aromatic N) is 4. The number of nitrogens with two attached hydrogens (primary N) is 1. The van der Waals surface area contributed by atoms with Gasteiger partial charge in [-0.15, -0.1) is 10.2 Å². The van der Waals surface area contributed by atoms with E-state index < -0.39 is 0 Å². The molecule has 0 radical (unpaired) electrons. The second-order valence-electron chi connectivity index (χ2n) is 5.93. The van der Waals surface area contributed by atoms with Gasteiger partial charge in [-0.3, -0.25) is 4.79 Å². The molecular formula is C15H25N5O. The molecule has 1 aromatic heterocycles. The van der Waals surface area contributed by atoms with Gasteiger partial charge >= 0.3 is 0 Å². The molecule has 1 saturated carbocycles. The van der Waals surface area contributed by atoms with Crippen LogP contribution in [0.15, 0.2) is 12.1 Å². The maximum atomic E-state index is 11.8. The average Bonchev–Trinajstić information content (AvgIpc) is 2.53. The van der Waals surface area contributed by atoms with Crippen LogP contribution in [0.3, 0.4) is 0 Å². The molecule has 116 valence electrons. The lowest BCUT2D eigenvalue weighted by atomic mass is 9.84. The maximum absolute atomic E-state index is 11.8. The van der Waals surface area contributed by atoms with Crippen LogP contribution in [0.5, 0.6) is 0 Å². The summed E-state index contributed by atoms with van der Waals surface area (Å²) in [6.45, 7) is 0.708. The van der Waals surface area contributed by atoms with Crippen LogP contribution in [0, 0.1) is 5.92 Å². The Hall–Kier alpha value is -1.69. The molecule has 6 heteroatoms. The van der Waals surface area contributed by atoms with Crippen LogP contribution in [0.1, 0.15) is 36.2 Å². The van der Waals surface area contributed by atoms with Crippen molar-refractivity contribution in [2.75, 3.05) is 32.6 Å². The molecule has 0 aliphatic heterocycles. The van der Waals surface area contributed by atoms with Gasteiger partial charge in [-0.2, -0.15) is 0 Å². The first-order chi connectivity index (χ1) is 10.0. The van der Waals surface area contributed by atoms with Crippen molar-refractivity contribution < 1.29 is 4.79 Å². The van der Waals surface area contributed by atoms with Crippen LogP contribution < -0.4 is 10.6 Å². The summed E-state index contributed by atoms with van der Waals surface area (Å²) in [5, 5.41) is 8.27. The number of aromatic nitrogens is 2. The van der Waals surface area contributed by atoms with E-state index in [1.54, 1.807) is 20.2 Å². The van der Waals surface area contributed by atoms with Gasteiger partial charge in [0.05, 0.1) is 0 Å². The van der Waals surface area contributed by atoms with E-state index in [0.717, 1.165) is 12.2 Å². The van der Waals surface area contributed by atoms with Crippen molar-refractivity contribution in [3.63, 3.8) is 0 Å². The summed E-state index contributed by atoms with van der Waals surface area (Å²) < 4.78 is 0. The first kappa shape index (κ1) is 15.7. The lowest BCUT2D eigenvalue weighted by Crippen LogP contribution is -2.43. The van der Waals surface area contributed by atoms with Crippen LogP contribution in [-0.4, -0.2) is 54.7 Å². The summed E-state index contributed by atoms with van der Waals surface area (Å²) in [6.07, 6.45) is 4.80. The van der Waals surface area contributed by atoms with Crippen LogP contribution in [-0.2, 0) is 0 Å². The van der Waals surface area contributed by atoms with E-state index in [2.05, 4.69) is 15.1 Å². The average molecular weight is 291 g/mol. The molecule has 6 nitrogen and oxygen atoms in total. The molecule has 2 N–H and O–H groups in total. The Balaban J connectivity index is 2.12. The summed E-state index contributed by atoms with van der Waals surface area (Å²) in [7, 11) is 5.45. The van der Waals surface area contributed by atoms with Crippen molar-refractivity contribution in [2.24, 2.45) is 11.7 Å². The molecule has 2 atom stereocenters. The Morgan fingerprint density at radius 2 is 1.95 bits per heavy atom. The first-order valence-electron chi connectivity index (χ1n) is 7.53. The van der Waals surface area contributed by atoms with Gasteiger partial charge in [0.1, 0.15) is 0 Å². The number of hydrogen-bond acceptors (Lipinski definition) is 5. The number of carbonyl (C=O) groups is 1. The molecule has 1 aliphatic carbocycles. The molecule has 0 saturated heterocycles. The SMILES string of the molecule is CN(C)C(=O)c1ccc(N(C)C2CCCCC2CN)nn1. The highest BCUT2D eigenvalue weighted by Gasteiger charge is 2.28. The smallest absolute Gasteiger partial charge is 0.273 e. The van der Waals surface area contributed by atoms with Gasteiger partial charge in [-0.05, 0) is 37.4 Å². The molecule has 1 aromatic rings. The third-order valence-corrected chi connectivity index (χ3v) is 4.31. The zero-order chi connectivity index (χ0) is 15.4.